The van der Waals surface area contributed by atoms with Crippen LogP contribution in [0.4, 0.5) is 5.69 Å². The van der Waals surface area contributed by atoms with E-state index in [9.17, 15) is 14.9 Å². The van der Waals surface area contributed by atoms with Crippen molar-refractivity contribution >= 4 is 22.9 Å². The van der Waals surface area contributed by atoms with E-state index in [1.165, 1.54) is 23.0 Å². The summed E-state index contributed by atoms with van der Waals surface area (Å²) < 4.78 is 11.7. The zero-order chi connectivity index (χ0) is 21.0. The van der Waals surface area contributed by atoms with Crippen molar-refractivity contribution in [1.29, 1.82) is 0 Å². The summed E-state index contributed by atoms with van der Waals surface area (Å²) in [6, 6.07) is 5.45. The fourth-order valence-corrected chi connectivity index (χ4v) is 6.20. The van der Waals surface area contributed by atoms with Crippen LogP contribution < -0.4 is 9.47 Å². The van der Waals surface area contributed by atoms with Gasteiger partial charge in [-0.15, -0.1) is 11.3 Å². The lowest BCUT2D eigenvalue weighted by atomic mass is 9.71. The second-order valence-electron chi connectivity index (χ2n) is 8.49. The summed E-state index contributed by atoms with van der Waals surface area (Å²) in [4.78, 5) is 27.2. The highest BCUT2D eigenvalue weighted by Gasteiger charge is 2.46. The Hall–Kier alpha value is -2.61. The van der Waals surface area contributed by atoms with Crippen LogP contribution in [0.5, 0.6) is 11.5 Å². The molecule has 30 heavy (non-hydrogen) atoms. The third-order valence-corrected chi connectivity index (χ3v) is 7.82. The molecular formula is C22H24N2O5S. The van der Waals surface area contributed by atoms with Gasteiger partial charge >= 0.3 is 0 Å². The molecule has 2 aliphatic heterocycles. The first-order valence-corrected chi connectivity index (χ1v) is 11.2. The predicted octanol–water partition coefficient (Wildman–Crippen LogP) is 4.76. The Bertz CT molecular complexity index is 1040. The van der Waals surface area contributed by atoms with Crippen molar-refractivity contribution in [3.63, 3.8) is 0 Å². The molecule has 2 aromatic rings. The van der Waals surface area contributed by atoms with Crippen LogP contribution in [-0.4, -0.2) is 35.5 Å². The average Bonchev–Trinajstić information content (AvgIpc) is 3.36. The fourth-order valence-electron chi connectivity index (χ4n) is 5.25. The van der Waals surface area contributed by atoms with Crippen LogP contribution in [0, 0.1) is 17.0 Å². The number of nitro groups is 1. The highest BCUT2D eigenvalue weighted by Crippen LogP contribution is 2.52. The van der Waals surface area contributed by atoms with Crippen LogP contribution in [-0.2, 0) is 5.41 Å². The summed E-state index contributed by atoms with van der Waals surface area (Å²) in [7, 11) is 0. The summed E-state index contributed by atoms with van der Waals surface area (Å²) in [5, 5.41) is 11.3. The van der Waals surface area contributed by atoms with Crippen LogP contribution in [0.15, 0.2) is 18.2 Å². The molecule has 1 unspecified atom stereocenters. The first kappa shape index (κ1) is 19.4. The van der Waals surface area contributed by atoms with E-state index in [2.05, 4.69) is 6.07 Å². The van der Waals surface area contributed by atoms with Crippen molar-refractivity contribution in [2.24, 2.45) is 0 Å². The van der Waals surface area contributed by atoms with E-state index in [1.807, 2.05) is 17.9 Å². The molecule has 3 heterocycles. The van der Waals surface area contributed by atoms with E-state index in [0.29, 0.717) is 29.5 Å². The molecule has 1 aromatic heterocycles. The van der Waals surface area contributed by atoms with Crippen LogP contribution in [0.25, 0.3) is 0 Å². The maximum absolute atomic E-state index is 13.5. The Morgan fingerprint density at radius 1 is 1.20 bits per heavy atom. The van der Waals surface area contributed by atoms with Gasteiger partial charge in [0.1, 0.15) is 13.2 Å². The molecule has 5 rings (SSSR count). The summed E-state index contributed by atoms with van der Waals surface area (Å²) in [5.74, 6) is 1.40. The number of carbonyl (C=O) groups is 1. The number of hydrogen-bond donors (Lipinski definition) is 0. The summed E-state index contributed by atoms with van der Waals surface area (Å²) in [6.45, 7) is 5.42. The van der Waals surface area contributed by atoms with Gasteiger partial charge in [0.2, 0.25) is 0 Å². The van der Waals surface area contributed by atoms with Crippen LogP contribution in [0.2, 0.25) is 0 Å². The number of fused-ring (bicyclic) bond motifs is 3. The van der Waals surface area contributed by atoms with Gasteiger partial charge in [0.25, 0.3) is 11.6 Å². The maximum atomic E-state index is 13.5. The van der Waals surface area contributed by atoms with Crippen molar-refractivity contribution in [2.45, 2.75) is 51.0 Å². The molecule has 1 atom stereocenters. The van der Waals surface area contributed by atoms with Crippen molar-refractivity contribution < 1.29 is 19.2 Å². The molecule has 1 saturated carbocycles. The Morgan fingerprint density at radius 2 is 1.87 bits per heavy atom. The number of carbonyl (C=O) groups excluding carboxylic acids is 1. The molecule has 1 amide bonds. The molecular weight excluding hydrogens is 404 g/mol. The second kappa shape index (κ2) is 6.97. The first-order chi connectivity index (χ1) is 14.4. The van der Waals surface area contributed by atoms with Gasteiger partial charge in [-0.25, -0.2) is 0 Å². The normalized spacial score (nSPS) is 21.5. The largest absolute Gasteiger partial charge is 0.486 e. The third-order valence-electron chi connectivity index (χ3n) is 6.80. The Balaban J connectivity index is 1.58. The van der Waals surface area contributed by atoms with Gasteiger partial charge in [0.05, 0.1) is 20.7 Å². The van der Waals surface area contributed by atoms with E-state index < -0.39 is 4.92 Å². The average molecular weight is 429 g/mol. The lowest BCUT2D eigenvalue weighted by molar-refractivity contribution is -0.385. The molecule has 8 heteroatoms. The molecule has 7 nitrogen and oxygen atoms in total. The van der Waals surface area contributed by atoms with E-state index in [1.54, 1.807) is 6.92 Å². The number of amides is 1. The molecule has 0 saturated heterocycles. The number of thiophene rings is 1. The van der Waals surface area contributed by atoms with E-state index in [-0.39, 0.29) is 23.1 Å². The highest BCUT2D eigenvalue weighted by atomic mass is 32.1. The predicted molar refractivity (Wildman–Crippen MR) is 113 cm³/mol. The Kier molecular flexibility index (Phi) is 4.50. The maximum Gasteiger partial charge on any atom is 0.283 e. The van der Waals surface area contributed by atoms with Gasteiger partial charge < -0.3 is 14.4 Å². The first-order valence-electron chi connectivity index (χ1n) is 10.4. The molecule has 3 aliphatic rings. The van der Waals surface area contributed by atoms with Crippen molar-refractivity contribution in [3.8, 4) is 11.5 Å². The van der Waals surface area contributed by atoms with Crippen molar-refractivity contribution in [3.05, 3.63) is 49.2 Å². The number of ether oxygens (including phenoxy) is 2. The zero-order valence-corrected chi connectivity index (χ0v) is 17.9. The second-order valence-corrected chi connectivity index (χ2v) is 9.75. The molecule has 158 valence electrons. The molecule has 0 N–H and O–H groups in total. The van der Waals surface area contributed by atoms with Crippen molar-refractivity contribution in [1.82, 2.24) is 4.90 Å². The van der Waals surface area contributed by atoms with Crippen LogP contribution >= 0.6 is 11.3 Å². The van der Waals surface area contributed by atoms with Crippen LogP contribution in [0.3, 0.4) is 0 Å². The number of nitrogens with zero attached hydrogens (tertiary/aromatic N) is 2. The van der Waals surface area contributed by atoms with Gasteiger partial charge in [-0.2, -0.15) is 0 Å². The lowest BCUT2D eigenvalue weighted by Crippen LogP contribution is -2.48. The Morgan fingerprint density at radius 3 is 2.50 bits per heavy atom. The lowest BCUT2D eigenvalue weighted by Gasteiger charge is -2.46. The summed E-state index contributed by atoms with van der Waals surface area (Å²) in [5.41, 5.74) is 2.30. The standard InChI is InChI=1S/C22H24N2O5S/c1-13-15-9-18-19(29-8-7-28-18)10-16(15)22(5-3-4-6-22)12-23(13)21(25)20-11-17(24(26)27)14(2)30-20/h9-11,13H,3-8,12H2,1-2H3. The third kappa shape index (κ3) is 2.88. The van der Waals surface area contributed by atoms with Crippen molar-refractivity contribution in [2.75, 3.05) is 19.8 Å². The number of hydrogen-bond acceptors (Lipinski definition) is 6. The van der Waals surface area contributed by atoms with Gasteiger partial charge in [0.15, 0.2) is 11.5 Å². The topological polar surface area (TPSA) is 81.9 Å². The smallest absolute Gasteiger partial charge is 0.283 e. The van der Waals surface area contributed by atoms with Gasteiger partial charge in [-0.05, 0) is 49.9 Å². The fraction of sp³-hybridized carbons (Fsp3) is 0.500. The minimum Gasteiger partial charge on any atom is -0.486 e. The monoisotopic (exact) mass is 428 g/mol. The van der Waals surface area contributed by atoms with E-state index in [0.717, 1.165) is 42.7 Å². The van der Waals surface area contributed by atoms with Gasteiger partial charge in [-0.3, -0.25) is 14.9 Å². The quantitative estimate of drug-likeness (QED) is 0.509. The zero-order valence-electron chi connectivity index (χ0n) is 17.1. The molecule has 1 spiro atoms. The number of benzene rings is 1. The SMILES string of the molecule is Cc1sc(C(=O)N2CC3(CCCC3)c3cc4c(cc3C2C)OCCO4)cc1[N+](=O)[O-]. The van der Waals surface area contributed by atoms with Gasteiger partial charge in [-0.1, -0.05) is 12.8 Å². The Labute approximate surface area is 178 Å². The molecule has 1 aliphatic carbocycles. The molecule has 0 radical (unpaired) electrons. The number of rotatable bonds is 2. The van der Waals surface area contributed by atoms with E-state index in [4.69, 9.17) is 9.47 Å². The minimum absolute atomic E-state index is 0.0172. The molecule has 1 fully saturated rings. The summed E-state index contributed by atoms with van der Waals surface area (Å²) in [6.07, 6.45) is 4.32. The minimum atomic E-state index is -0.417. The van der Waals surface area contributed by atoms with Gasteiger partial charge in [0, 0.05) is 18.0 Å². The highest BCUT2D eigenvalue weighted by molar-refractivity contribution is 7.14. The number of aryl methyl sites for hydroxylation is 1. The van der Waals surface area contributed by atoms with E-state index >= 15 is 0 Å². The molecule has 0 bridgehead atoms. The summed E-state index contributed by atoms with van der Waals surface area (Å²) >= 11 is 1.20. The molecule has 1 aromatic carbocycles. The van der Waals surface area contributed by atoms with Crippen LogP contribution in [0.1, 0.15) is 64.3 Å².